The third kappa shape index (κ3) is 6.80. The second-order valence-electron chi connectivity index (χ2n) is 10.6. The van der Waals surface area contributed by atoms with E-state index in [1.807, 2.05) is 24.4 Å². The molecular formula is C29H35N3O5S2. The monoisotopic (exact) mass is 569 g/mol. The highest BCUT2D eigenvalue weighted by Crippen LogP contribution is 2.36. The summed E-state index contributed by atoms with van der Waals surface area (Å²) in [4.78, 5) is 20.7. The Balaban J connectivity index is 1.26. The molecule has 0 bridgehead atoms. The molecule has 1 N–H and O–H groups in total. The average molecular weight is 570 g/mol. The van der Waals surface area contributed by atoms with Crippen molar-refractivity contribution in [3.63, 3.8) is 0 Å². The molecule has 5 rings (SSSR count). The van der Waals surface area contributed by atoms with Gasteiger partial charge in [0, 0.05) is 43.7 Å². The zero-order valence-electron chi connectivity index (χ0n) is 22.4. The van der Waals surface area contributed by atoms with E-state index in [-0.39, 0.29) is 17.4 Å². The van der Waals surface area contributed by atoms with Crippen LogP contribution in [-0.2, 0) is 27.8 Å². The second-order valence-corrected chi connectivity index (χ2v) is 13.8. The first-order chi connectivity index (χ1) is 18.7. The van der Waals surface area contributed by atoms with E-state index in [1.54, 1.807) is 11.3 Å². The standard InChI is InChI=1S/C29H35N3O5S2/c1-20-5-8-27(25(14-20)26-19-38-29(30-26)32-9-3-4-23(17-32)28(33)34)37-18-24-7-6-22(15-21(24)2)16-31-10-12-39(35,36)13-11-31/h5-8,14-15,19,23H,3-4,9-13,16-18H2,1-2H3,(H,33,34)/t23-/m0/s1. The maximum atomic E-state index is 11.7. The molecule has 1 atom stereocenters. The molecule has 39 heavy (non-hydrogen) atoms. The number of thiazole rings is 1. The molecule has 0 radical (unpaired) electrons. The van der Waals surface area contributed by atoms with Gasteiger partial charge in [-0.2, -0.15) is 0 Å². The SMILES string of the molecule is Cc1ccc(OCc2ccc(CN3CCS(=O)(=O)CC3)cc2C)c(-c2csc(N3CCC[C@H](C(=O)O)C3)n2)c1. The molecule has 3 aromatic rings. The molecule has 0 saturated carbocycles. The van der Waals surface area contributed by atoms with Crippen molar-refractivity contribution in [2.45, 2.75) is 39.8 Å². The molecule has 208 valence electrons. The van der Waals surface area contributed by atoms with Crippen molar-refractivity contribution in [1.82, 2.24) is 9.88 Å². The molecule has 1 aromatic heterocycles. The van der Waals surface area contributed by atoms with E-state index in [1.165, 1.54) is 5.56 Å². The molecule has 0 unspecified atom stereocenters. The Morgan fingerprint density at radius 2 is 1.92 bits per heavy atom. The van der Waals surface area contributed by atoms with Gasteiger partial charge in [0.2, 0.25) is 0 Å². The van der Waals surface area contributed by atoms with Crippen LogP contribution in [-0.4, -0.2) is 67.1 Å². The van der Waals surface area contributed by atoms with Crippen molar-refractivity contribution in [2.24, 2.45) is 5.92 Å². The van der Waals surface area contributed by atoms with Gasteiger partial charge in [-0.15, -0.1) is 11.3 Å². The lowest BCUT2D eigenvalue weighted by atomic mass is 9.99. The molecule has 2 aliphatic heterocycles. The lowest BCUT2D eigenvalue weighted by Gasteiger charge is -2.30. The molecule has 0 aliphatic carbocycles. The number of nitrogens with zero attached hydrogens (tertiary/aromatic N) is 3. The Kier molecular flexibility index (Phi) is 8.25. The van der Waals surface area contributed by atoms with Gasteiger partial charge in [-0.05, 0) is 55.5 Å². The number of carboxylic acids is 1. The first-order valence-corrected chi connectivity index (χ1v) is 16.1. The number of rotatable bonds is 8. The number of carbonyl (C=O) groups is 1. The van der Waals surface area contributed by atoms with Crippen LogP contribution in [0, 0.1) is 19.8 Å². The number of anilines is 1. The topological polar surface area (TPSA) is 100 Å². The van der Waals surface area contributed by atoms with Crippen LogP contribution in [0.4, 0.5) is 5.13 Å². The van der Waals surface area contributed by atoms with Gasteiger partial charge in [-0.3, -0.25) is 9.69 Å². The number of ether oxygens (including phenoxy) is 1. The first kappa shape index (κ1) is 27.6. The fourth-order valence-corrected chi connectivity index (χ4v) is 7.34. The lowest BCUT2D eigenvalue weighted by Crippen LogP contribution is -2.39. The van der Waals surface area contributed by atoms with Gasteiger partial charge < -0.3 is 14.7 Å². The van der Waals surface area contributed by atoms with Crippen LogP contribution in [0.25, 0.3) is 11.3 Å². The van der Waals surface area contributed by atoms with E-state index < -0.39 is 15.8 Å². The third-order valence-electron chi connectivity index (χ3n) is 7.58. The normalized spacial score (nSPS) is 19.6. The Morgan fingerprint density at radius 3 is 2.67 bits per heavy atom. The minimum Gasteiger partial charge on any atom is -0.488 e. The highest BCUT2D eigenvalue weighted by molar-refractivity contribution is 7.91. The number of aryl methyl sites for hydroxylation is 2. The van der Waals surface area contributed by atoms with Gasteiger partial charge >= 0.3 is 5.97 Å². The van der Waals surface area contributed by atoms with Crippen LogP contribution < -0.4 is 9.64 Å². The van der Waals surface area contributed by atoms with Crippen molar-refractivity contribution >= 4 is 32.3 Å². The van der Waals surface area contributed by atoms with E-state index in [4.69, 9.17) is 9.72 Å². The number of carboxylic acid groups (broad SMARTS) is 1. The Morgan fingerprint density at radius 1 is 1.13 bits per heavy atom. The Hall–Kier alpha value is -2.95. The quantitative estimate of drug-likeness (QED) is 0.422. The Labute approximate surface area is 234 Å². The number of aliphatic carboxylic acids is 1. The zero-order chi connectivity index (χ0) is 27.6. The van der Waals surface area contributed by atoms with Crippen LogP contribution in [0.15, 0.2) is 41.8 Å². The molecular weight excluding hydrogens is 534 g/mol. The van der Waals surface area contributed by atoms with Gasteiger partial charge in [0.1, 0.15) is 12.4 Å². The molecule has 2 aromatic carbocycles. The maximum Gasteiger partial charge on any atom is 0.308 e. The molecule has 2 saturated heterocycles. The summed E-state index contributed by atoms with van der Waals surface area (Å²) in [6, 6.07) is 12.4. The number of benzene rings is 2. The van der Waals surface area contributed by atoms with Gasteiger partial charge in [-0.1, -0.05) is 29.8 Å². The van der Waals surface area contributed by atoms with Crippen LogP contribution in [0.2, 0.25) is 0 Å². The minimum absolute atomic E-state index is 0.234. The van der Waals surface area contributed by atoms with Crippen molar-refractivity contribution in [3.05, 3.63) is 64.0 Å². The largest absolute Gasteiger partial charge is 0.488 e. The average Bonchev–Trinajstić information content (AvgIpc) is 3.40. The predicted molar refractivity (Wildman–Crippen MR) is 154 cm³/mol. The molecule has 3 heterocycles. The van der Waals surface area contributed by atoms with E-state index in [2.05, 4.69) is 41.0 Å². The number of piperidine rings is 1. The Bertz CT molecular complexity index is 1440. The minimum atomic E-state index is -2.88. The molecule has 8 nitrogen and oxygen atoms in total. The van der Waals surface area contributed by atoms with Crippen LogP contribution in [0.3, 0.4) is 0 Å². The summed E-state index contributed by atoms with van der Waals surface area (Å²) in [6.07, 6.45) is 1.56. The van der Waals surface area contributed by atoms with E-state index >= 15 is 0 Å². The second kappa shape index (κ2) is 11.7. The van der Waals surface area contributed by atoms with Gasteiger partial charge in [0.15, 0.2) is 15.0 Å². The highest BCUT2D eigenvalue weighted by atomic mass is 32.2. The van der Waals surface area contributed by atoms with Crippen LogP contribution >= 0.6 is 11.3 Å². The number of hydrogen-bond acceptors (Lipinski definition) is 8. The van der Waals surface area contributed by atoms with Crippen LogP contribution in [0.1, 0.15) is 35.1 Å². The summed E-state index contributed by atoms with van der Waals surface area (Å²) in [5.74, 6) is 0.138. The summed E-state index contributed by atoms with van der Waals surface area (Å²) in [6.45, 7) is 7.77. The number of hydrogen-bond donors (Lipinski definition) is 1. The molecule has 0 spiro atoms. The molecule has 10 heteroatoms. The van der Waals surface area contributed by atoms with Crippen molar-refractivity contribution in [2.75, 3.05) is 42.6 Å². The summed E-state index contributed by atoms with van der Waals surface area (Å²) in [7, 11) is -2.88. The smallest absolute Gasteiger partial charge is 0.308 e. The summed E-state index contributed by atoms with van der Waals surface area (Å²) in [5, 5.41) is 12.3. The summed E-state index contributed by atoms with van der Waals surface area (Å²) in [5.41, 5.74) is 6.28. The van der Waals surface area contributed by atoms with Gasteiger partial charge in [0.25, 0.3) is 0 Å². The fraction of sp³-hybridized carbons (Fsp3) is 0.448. The van der Waals surface area contributed by atoms with E-state index in [0.717, 1.165) is 58.3 Å². The van der Waals surface area contributed by atoms with Gasteiger partial charge in [0.05, 0.1) is 23.1 Å². The number of aromatic nitrogens is 1. The molecule has 2 fully saturated rings. The maximum absolute atomic E-state index is 11.7. The third-order valence-corrected chi connectivity index (χ3v) is 10.1. The zero-order valence-corrected chi connectivity index (χ0v) is 24.1. The van der Waals surface area contributed by atoms with Crippen molar-refractivity contribution in [3.8, 4) is 17.0 Å². The van der Waals surface area contributed by atoms with E-state index in [0.29, 0.717) is 32.7 Å². The number of sulfone groups is 1. The van der Waals surface area contributed by atoms with Gasteiger partial charge in [-0.25, -0.2) is 13.4 Å². The van der Waals surface area contributed by atoms with Crippen molar-refractivity contribution in [1.29, 1.82) is 0 Å². The summed E-state index contributed by atoms with van der Waals surface area (Å²) >= 11 is 1.54. The fourth-order valence-electron chi connectivity index (χ4n) is 5.20. The highest BCUT2D eigenvalue weighted by Gasteiger charge is 2.27. The van der Waals surface area contributed by atoms with E-state index in [9.17, 15) is 18.3 Å². The van der Waals surface area contributed by atoms with Crippen molar-refractivity contribution < 1.29 is 23.1 Å². The van der Waals surface area contributed by atoms with Crippen LogP contribution in [0.5, 0.6) is 5.75 Å². The predicted octanol–water partition coefficient (Wildman–Crippen LogP) is 4.54. The lowest BCUT2D eigenvalue weighted by molar-refractivity contribution is -0.141. The molecule has 2 aliphatic rings. The first-order valence-electron chi connectivity index (χ1n) is 13.4. The summed E-state index contributed by atoms with van der Waals surface area (Å²) < 4.78 is 29.7. The molecule has 0 amide bonds.